The lowest BCUT2D eigenvalue weighted by atomic mass is 9.81. The summed E-state index contributed by atoms with van der Waals surface area (Å²) in [7, 11) is -1.41. The summed E-state index contributed by atoms with van der Waals surface area (Å²) in [5.41, 5.74) is 3.36. The third-order valence-electron chi connectivity index (χ3n) is 3.64. The smallest absolute Gasteiger partial charge is 0.423 e. The molecule has 2 N–H and O–H groups in total. The quantitative estimate of drug-likeness (QED) is 0.523. The van der Waals surface area contributed by atoms with Crippen LogP contribution in [0.15, 0.2) is 72.8 Å². The Morgan fingerprint density at radius 2 is 1.12 bits per heavy atom. The molecule has 3 rings (SSSR count). The second-order valence-corrected chi connectivity index (χ2v) is 6.44. The maximum atomic E-state index is 11.1. The first kappa shape index (κ1) is 20.2. The molecule has 0 aliphatic rings. The van der Waals surface area contributed by atoms with Crippen LogP contribution in [0.25, 0.3) is 11.1 Å². The predicted molar refractivity (Wildman–Crippen MR) is 108 cm³/mol. The predicted octanol–water partition coefficient (Wildman–Crippen LogP) is 4.23. The van der Waals surface area contributed by atoms with E-state index in [4.69, 9.17) is 33.2 Å². The van der Waals surface area contributed by atoms with Gasteiger partial charge in [-0.25, -0.2) is 0 Å². The summed E-state index contributed by atoms with van der Waals surface area (Å²) in [6.07, 6.45) is 0. The van der Waals surface area contributed by atoms with Crippen LogP contribution in [0.5, 0.6) is 0 Å². The first-order valence-electron chi connectivity index (χ1n) is 7.85. The molecule has 3 nitrogen and oxygen atoms in total. The summed E-state index contributed by atoms with van der Waals surface area (Å²) in [5, 5.41) is 18.6. The van der Waals surface area contributed by atoms with Gasteiger partial charge in [-0.1, -0.05) is 71.7 Å². The van der Waals surface area contributed by atoms with Crippen LogP contribution in [-0.4, -0.2) is 22.9 Å². The summed E-state index contributed by atoms with van der Waals surface area (Å²) in [6, 6.07) is 21.5. The second kappa shape index (κ2) is 9.55. The zero-order chi connectivity index (χ0) is 19.1. The number of carbonyl (C=O) groups is 1. The standard InChI is InChI=1S/C14H11ClO.C6H6BClO2/c1-10(16)11-2-4-12(5-3-11)13-6-8-14(15)9-7-13;8-6-3-1-5(2-4-6)7(9)10/h2-9H,1H3;1-4,9-10H. The molecule has 0 aliphatic heterocycles. The molecule has 0 fully saturated rings. The van der Waals surface area contributed by atoms with Crippen LogP contribution in [0.1, 0.15) is 17.3 Å². The molecule has 6 heteroatoms. The Labute approximate surface area is 163 Å². The summed E-state index contributed by atoms with van der Waals surface area (Å²) in [6.45, 7) is 1.57. The van der Waals surface area contributed by atoms with E-state index in [-0.39, 0.29) is 5.78 Å². The third kappa shape index (κ3) is 6.01. The third-order valence-corrected chi connectivity index (χ3v) is 4.14. The lowest BCUT2D eigenvalue weighted by Crippen LogP contribution is -2.29. The molecule has 0 amide bonds. The van der Waals surface area contributed by atoms with Gasteiger partial charge in [-0.3, -0.25) is 4.79 Å². The first-order valence-corrected chi connectivity index (χ1v) is 8.61. The Morgan fingerprint density at radius 1 is 0.731 bits per heavy atom. The number of hydrogen-bond donors (Lipinski definition) is 2. The largest absolute Gasteiger partial charge is 0.488 e. The molecular formula is C20H17BCl2O3. The van der Waals surface area contributed by atoms with Crippen LogP contribution in [-0.2, 0) is 0 Å². The van der Waals surface area contributed by atoms with E-state index in [0.717, 1.165) is 21.7 Å². The van der Waals surface area contributed by atoms with Crippen LogP contribution in [0.4, 0.5) is 0 Å². The van der Waals surface area contributed by atoms with E-state index >= 15 is 0 Å². The normalized spacial score (nSPS) is 9.88. The van der Waals surface area contributed by atoms with E-state index in [1.54, 1.807) is 31.2 Å². The number of rotatable bonds is 3. The fraction of sp³-hybridized carbons (Fsp3) is 0.0500. The zero-order valence-electron chi connectivity index (χ0n) is 14.1. The molecule has 0 aliphatic carbocycles. The van der Waals surface area contributed by atoms with Gasteiger partial charge < -0.3 is 10.0 Å². The molecule has 0 bridgehead atoms. The van der Waals surface area contributed by atoms with E-state index < -0.39 is 7.12 Å². The monoisotopic (exact) mass is 386 g/mol. The van der Waals surface area contributed by atoms with Crippen molar-refractivity contribution in [1.82, 2.24) is 0 Å². The van der Waals surface area contributed by atoms with Gasteiger partial charge in [0, 0.05) is 15.6 Å². The van der Waals surface area contributed by atoms with Gasteiger partial charge in [0.05, 0.1) is 0 Å². The number of benzene rings is 3. The number of Topliss-reactive ketones (excluding diaryl/α,β-unsaturated/α-hetero) is 1. The highest BCUT2D eigenvalue weighted by atomic mass is 35.5. The maximum Gasteiger partial charge on any atom is 0.488 e. The van der Waals surface area contributed by atoms with Crippen LogP contribution in [0, 0.1) is 0 Å². The van der Waals surface area contributed by atoms with E-state index in [0.29, 0.717) is 10.5 Å². The van der Waals surface area contributed by atoms with Crippen molar-refractivity contribution in [3.05, 3.63) is 88.4 Å². The SMILES string of the molecule is CC(=O)c1ccc(-c2ccc(Cl)cc2)cc1.OB(O)c1ccc(Cl)cc1. The van der Waals surface area contributed by atoms with Gasteiger partial charge in [0.25, 0.3) is 0 Å². The number of ketones is 1. The molecule has 3 aromatic carbocycles. The molecular weight excluding hydrogens is 370 g/mol. The Morgan fingerprint density at radius 3 is 1.50 bits per heavy atom. The average molecular weight is 387 g/mol. The molecule has 0 aromatic heterocycles. The van der Waals surface area contributed by atoms with Crippen molar-refractivity contribution >= 4 is 41.6 Å². The average Bonchev–Trinajstić information content (AvgIpc) is 2.63. The Kier molecular flexibility index (Phi) is 7.43. The topological polar surface area (TPSA) is 57.5 Å². The minimum atomic E-state index is -1.41. The highest BCUT2D eigenvalue weighted by Gasteiger charge is 2.08. The van der Waals surface area contributed by atoms with Crippen molar-refractivity contribution in [3.8, 4) is 11.1 Å². The minimum absolute atomic E-state index is 0.0858. The van der Waals surface area contributed by atoms with Crippen molar-refractivity contribution in [2.24, 2.45) is 0 Å². The van der Waals surface area contributed by atoms with Crippen molar-refractivity contribution in [2.75, 3.05) is 0 Å². The van der Waals surface area contributed by atoms with Crippen molar-refractivity contribution in [1.29, 1.82) is 0 Å². The van der Waals surface area contributed by atoms with Crippen LogP contribution in [0.2, 0.25) is 10.0 Å². The lowest BCUT2D eigenvalue weighted by molar-refractivity contribution is 0.101. The summed E-state index contributed by atoms with van der Waals surface area (Å²) in [4.78, 5) is 11.1. The lowest BCUT2D eigenvalue weighted by Gasteiger charge is -2.02. The van der Waals surface area contributed by atoms with E-state index in [1.165, 1.54) is 0 Å². The fourth-order valence-electron chi connectivity index (χ4n) is 2.17. The summed E-state index contributed by atoms with van der Waals surface area (Å²) < 4.78 is 0. The van der Waals surface area contributed by atoms with Gasteiger partial charge in [-0.2, -0.15) is 0 Å². The number of halogens is 2. The molecule has 0 heterocycles. The number of hydrogen-bond acceptors (Lipinski definition) is 3. The maximum absolute atomic E-state index is 11.1. The second-order valence-electron chi connectivity index (χ2n) is 5.57. The first-order chi connectivity index (χ1) is 12.4. The molecule has 0 atom stereocenters. The molecule has 26 heavy (non-hydrogen) atoms. The Hall–Kier alpha value is -2.11. The van der Waals surface area contributed by atoms with E-state index in [9.17, 15) is 4.79 Å². The Bertz CT molecular complexity index is 846. The molecule has 0 saturated heterocycles. The van der Waals surface area contributed by atoms with Gasteiger partial charge in [0.1, 0.15) is 0 Å². The van der Waals surface area contributed by atoms with Gasteiger partial charge in [-0.15, -0.1) is 0 Å². The summed E-state index contributed by atoms with van der Waals surface area (Å²) >= 11 is 11.4. The molecule has 0 radical (unpaired) electrons. The Balaban J connectivity index is 0.000000209. The van der Waals surface area contributed by atoms with Gasteiger partial charge >= 0.3 is 7.12 Å². The van der Waals surface area contributed by atoms with Crippen molar-refractivity contribution in [2.45, 2.75) is 6.92 Å². The van der Waals surface area contributed by atoms with Crippen molar-refractivity contribution < 1.29 is 14.8 Å². The van der Waals surface area contributed by atoms with Crippen LogP contribution < -0.4 is 5.46 Å². The van der Waals surface area contributed by atoms with Crippen LogP contribution in [0.3, 0.4) is 0 Å². The highest BCUT2D eigenvalue weighted by molar-refractivity contribution is 6.58. The van der Waals surface area contributed by atoms with E-state index in [2.05, 4.69) is 0 Å². The van der Waals surface area contributed by atoms with Crippen molar-refractivity contribution in [3.63, 3.8) is 0 Å². The molecule has 0 saturated carbocycles. The van der Waals surface area contributed by atoms with E-state index in [1.807, 2.05) is 48.5 Å². The fourth-order valence-corrected chi connectivity index (χ4v) is 2.43. The van der Waals surface area contributed by atoms with Gasteiger partial charge in [0.15, 0.2) is 5.78 Å². The summed E-state index contributed by atoms with van der Waals surface area (Å²) in [5.74, 6) is 0.0858. The molecule has 0 spiro atoms. The minimum Gasteiger partial charge on any atom is -0.423 e. The highest BCUT2D eigenvalue weighted by Crippen LogP contribution is 2.21. The van der Waals surface area contributed by atoms with Gasteiger partial charge in [-0.05, 0) is 47.8 Å². The zero-order valence-corrected chi connectivity index (χ0v) is 15.6. The molecule has 132 valence electrons. The molecule has 3 aromatic rings. The number of carbonyl (C=O) groups excluding carboxylic acids is 1. The van der Waals surface area contributed by atoms with Gasteiger partial charge in [0.2, 0.25) is 0 Å². The molecule has 0 unspecified atom stereocenters. The van der Waals surface area contributed by atoms with Crippen LogP contribution >= 0.6 is 23.2 Å².